The van der Waals surface area contributed by atoms with Gasteiger partial charge in [0.1, 0.15) is 0 Å². The molecule has 0 spiro atoms. The van der Waals surface area contributed by atoms with Crippen LogP contribution in [0.15, 0.2) is 59.3 Å². The molecular formula is C13H9BrN2. The monoisotopic (exact) mass is 272 g/mol. The van der Waals surface area contributed by atoms with E-state index in [4.69, 9.17) is 0 Å². The van der Waals surface area contributed by atoms with Gasteiger partial charge in [0.2, 0.25) is 0 Å². The molecular weight excluding hydrogens is 264 g/mol. The van der Waals surface area contributed by atoms with E-state index in [0.29, 0.717) is 0 Å². The molecule has 0 bridgehead atoms. The van der Waals surface area contributed by atoms with Crippen molar-refractivity contribution >= 4 is 27.0 Å². The van der Waals surface area contributed by atoms with E-state index in [0.717, 1.165) is 21.2 Å². The van der Waals surface area contributed by atoms with Crippen molar-refractivity contribution in [2.45, 2.75) is 0 Å². The highest BCUT2D eigenvalue weighted by Gasteiger charge is 2.06. The van der Waals surface area contributed by atoms with Gasteiger partial charge < -0.3 is 4.57 Å². The molecule has 78 valence electrons. The maximum Gasteiger partial charge on any atom is 0.0896 e. The molecule has 0 N–H and O–H groups in total. The highest BCUT2D eigenvalue weighted by Crippen LogP contribution is 2.25. The highest BCUT2D eigenvalue weighted by atomic mass is 79.9. The maximum atomic E-state index is 4.34. The van der Waals surface area contributed by atoms with Crippen molar-refractivity contribution in [3.05, 3.63) is 59.3 Å². The smallest absolute Gasteiger partial charge is 0.0896 e. The zero-order chi connectivity index (χ0) is 11.0. The number of halogens is 1. The SMILES string of the molecule is Brc1ccnc2ccn(-c3ccccc3)c12. The Labute approximate surface area is 102 Å². The lowest BCUT2D eigenvalue weighted by molar-refractivity contribution is 1.12. The van der Waals surface area contributed by atoms with E-state index in [-0.39, 0.29) is 0 Å². The number of nitrogens with zero attached hydrogens (tertiary/aromatic N) is 2. The van der Waals surface area contributed by atoms with Gasteiger partial charge in [0.15, 0.2) is 0 Å². The molecule has 0 aliphatic carbocycles. The summed E-state index contributed by atoms with van der Waals surface area (Å²) in [4.78, 5) is 4.34. The van der Waals surface area contributed by atoms with E-state index in [1.807, 2.05) is 42.7 Å². The van der Waals surface area contributed by atoms with Crippen molar-refractivity contribution in [3.8, 4) is 5.69 Å². The van der Waals surface area contributed by atoms with Crippen molar-refractivity contribution in [3.63, 3.8) is 0 Å². The van der Waals surface area contributed by atoms with Gasteiger partial charge in [-0.05, 0) is 40.2 Å². The number of para-hydroxylation sites is 1. The van der Waals surface area contributed by atoms with E-state index in [2.05, 4.69) is 37.6 Å². The summed E-state index contributed by atoms with van der Waals surface area (Å²) < 4.78 is 3.19. The molecule has 2 heterocycles. The van der Waals surface area contributed by atoms with Crippen LogP contribution in [-0.4, -0.2) is 9.55 Å². The number of aromatic nitrogens is 2. The van der Waals surface area contributed by atoms with Crippen molar-refractivity contribution in [2.24, 2.45) is 0 Å². The molecule has 0 saturated heterocycles. The molecule has 2 aromatic heterocycles. The number of hydrogen-bond acceptors (Lipinski definition) is 1. The minimum Gasteiger partial charge on any atom is -0.314 e. The van der Waals surface area contributed by atoms with Gasteiger partial charge in [0, 0.05) is 22.6 Å². The van der Waals surface area contributed by atoms with Crippen LogP contribution in [0.25, 0.3) is 16.7 Å². The van der Waals surface area contributed by atoms with Crippen LogP contribution in [0.3, 0.4) is 0 Å². The van der Waals surface area contributed by atoms with Crippen molar-refractivity contribution in [2.75, 3.05) is 0 Å². The van der Waals surface area contributed by atoms with Crippen LogP contribution in [-0.2, 0) is 0 Å². The Morgan fingerprint density at radius 1 is 1.00 bits per heavy atom. The number of rotatable bonds is 1. The Kier molecular flexibility index (Phi) is 2.26. The van der Waals surface area contributed by atoms with Crippen molar-refractivity contribution in [1.82, 2.24) is 9.55 Å². The maximum absolute atomic E-state index is 4.34. The molecule has 2 nitrogen and oxygen atoms in total. The number of hydrogen-bond donors (Lipinski definition) is 0. The summed E-state index contributed by atoms with van der Waals surface area (Å²) in [6, 6.07) is 14.2. The predicted octanol–water partition coefficient (Wildman–Crippen LogP) is 3.79. The molecule has 0 aliphatic rings. The van der Waals surface area contributed by atoms with Crippen LogP contribution >= 0.6 is 15.9 Å². The summed E-state index contributed by atoms with van der Waals surface area (Å²) in [5.74, 6) is 0. The summed E-state index contributed by atoms with van der Waals surface area (Å²) in [5.41, 5.74) is 3.25. The molecule has 0 radical (unpaired) electrons. The fourth-order valence-electron chi connectivity index (χ4n) is 1.83. The van der Waals surface area contributed by atoms with Gasteiger partial charge in [-0.1, -0.05) is 18.2 Å². The topological polar surface area (TPSA) is 17.8 Å². The summed E-state index contributed by atoms with van der Waals surface area (Å²) in [6.07, 6.45) is 3.85. The van der Waals surface area contributed by atoms with Gasteiger partial charge in [-0.2, -0.15) is 0 Å². The summed E-state index contributed by atoms with van der Waals surface area (Å²) in [7, 11) is 0. The van der Waals surface area contributed by atoms with Crippen LogP contribution in [0, 0.1) is 0 Å². The van der Waals surface area contributed by atoms with Crippen molar-refractivity contribution < 1.29 is 0 Å². The molecule has 0 unspecified atom stereocenters. The van der Waals surface area contributed by atoms with Gasteiger partial charge in [-0.25, -0.2) is 0 Å². The van der Waals surface area contributed by atoms with Crippen LogP contribution < -0.4 is 0 Å². The fraction of sp³-hybridized carbons (Fsp3) is 0. The Bertz CT molecular complexity index is 629. The van der Waals surface area contributed by atoms with Crippen LogP contribution in [0.5, 0.6) is 0 Å². The lowest BCUT2D eigenvalue weighted by atomic mass is 10.3. The van der Waals surface area contributed by atoms with E-state index in [9.17, 15) is 0 Å². The normalized spacial score (nSPS) is 10.8. The first kappa shape index (κ1) is 9.60. The fourth-order valence-corrected chi connectivity index (χ4v) is 2.34. The molecule has 0 saturated carbocycles. The summed E-state index contributed by atoms with van der Waals surface area (Å²) >= 11 is 3.56. The van der Waals surface area contributed by atoms with E-state index < -0.39 is 0 Å². The van der Waals surface area contributed by atoms with Gasteiger partial charge in [0.25, 0.3) is 0 Å². The minimum absolute atomic E-state index is 0.998. The lowest BCUT2D eigenvalue weighted by Gasteiger charge is -2.05. The van der Waals surface area contributed by atoms with Crippen LogP contribution in [0.2, 0.25) is 0 Å². The second-order valence-corrected chi connectivity index (χ2v) is 4.40. The van der Waals surface area contributed by atoms with Crippen molar-refractivity contribution in [1.29, 1.82) is 0 Å². The molecule has 0 fully saturated rings. The Morgan fingerprint density at radius 2 is 1.81 bits per heavy atom. The Balaban J connectivity index is 2.33. The molecule has 0 atom stereocenters. The third-order valence-corrected chi connectivity index (χ3v) is 3.20. The van der Waals surface area contributed by atoms with Gasteiger partial charge in [0.05, 0.1) is 11.0 Å². The number of benzene rings is 1. The predicted molar refractivity (Wildman–Crippen MR) is 68.8 cm³/mol. The zero-order valence-corrected chi connectivity index (χ0v) is 10.1. The molecule has 3 rings (SSSR count). The summed E-state index contributed by atoms with van der Waals surface area (Å²) in [6.45, 7) is 0. The molecule has 3 aromatic rings. The molecule has 0 amide bonds. The number of fused-ring (bicyclic) bond motifs is 1. The molecule has 16 heavy (non-hydrogen) atoms. The van der Waals surface area contributed by atoms with E-state index >= 15 is 0 Å². The van der Waals surface area contributed by atoms with Gasteiger partial charge in [-0.15, -0.1) is 0 Å². The van der Waals surface area contributed by atoms with E-state index in [1.54, 1.807) is 0 Å². The zero-order valence-electron chi connectivity index (χ0n) is 8.47. The molecule has 1 aromatic carbocycles. The quantitative estimate of drug-likeness (QED) is 0.659. The van der Waals surface area contributed by atoms with Gasteiger partial charge >= 0.3 is 0 Å². The largest absolute Gasteiger partial charge is 0.314 e. The molecule has 0 aliphatic heterocycles. The third kappa shape index (κ3) is 1.44. The Hall–Kier alpha value is -1.61. The van der Waals surface area contributed by atoms with Gasteiger partial charge in [-0.3, -0.25) is 4.98 Å². The third-order valence-electron chi connectivity index (χ3n) is 2.56. The lowest BCUT2D eigenvalue weighted by Crippen LogP contribution is -1.91. The van der Waals surface area contributed by atoms with E-state index in [1.165, 1.54) is 0 Å². The first-order valence-corrected chi connectivity index (χ1v) is 5.82. The number of pyridine rings is 1. The second-order valence-electron chi connectivity index (χ2n) is 3.55. The first-order valence-electron chi connectivity index (χ1n) is 5.03. The first-order chi connectivity index (χ1) is 7.86. The average Bonchev–Trinajstić information content (AvgIpc) is 2.75. The second kappa shape index (κ2) is 3.76. The summed E-state index contributed by atoms with van der Waals surface area (Å²) in [5, 5.41) is 0. The average molecular weight is 273 g/mol. The Morgan fingerprint density at radius 3 is 2.62 bits per heavy atom. The standard InChI is InChI=1S/C13H9BrN2/c14-11-6-8-15-12-7-9-16(13(11)12)10-4-2-1-3-5-10/h1-9H. The minimum atomic E-state index is 0.998. The molecule has 3 heteroatoms. The van der Waals surface area contributed by atoms with Crippen LogP contribution in [0.4, 0.5) is 0 Å². The van der Waals surface area contributed by atoms with Crippen LogP contribution in [0.1, 0.15) is 0 Å². The highest BCUT2D eigenvalue weighted by molar-refractivity contribution is 9.10.